The van der Waals surface area contributed by atoms with Crippen LogP contribution in [0.4, 0.5) is 13.2 Å². The zero-order valence-electron chi connectivity index (χ0n) is 8.85. The number of nitrogens with two attached hydrogens (primary N) is 1. The summed E-state index contributed by atoms with van der Waals surface area (Å²) >= 11 is 0. The van der Waals surface area contributed by atoms with Gasteiger partial charge >= 0.3 is 0 Å². The quantitative estimate of drug-likeness (QED) is 0.774. The van der Waals surface area contributed by atoms with Crippen LogP contribution in [0.5, 0.6) is 0 Å². The fourth-order valence-corrected chi connectivity index (χ4v) is 2.39. The first-order chi connectivity index (χ1) is 7.59. The van der Waals surface area contributed by atoms with Crippen LogP contribution in [-0.2, 0) is 0 Å². The molecule has 2 N–H and O–H groups in total. The van der Waals surface area contributed by atoms with Crippen molar-refractivity contribution in [1.82, 2.24) is 0 Å². The molecule has 1 nitrogen and oxygen atoms in total. The maximum Gasteiger partial charge on any atom is 0.163 e. The maximum atomic E-state index is 13.5. The highest BCUT2D eigenvalue weighted by Crippen LogP contribution is 2.35. The zero-order chi connectivity index (χ0) is 11.7. The monoisotopic (exact) mass is 229 g/mol. The van der Waals surface area contributed by atoms with Gasteiger partial charge in [0.25, 0.3) is 0 Å². The van der Waals surface area contributed by atoms with Crippen molar-refractivity contribution in [1.29, 1.82) is 0 Å². The molecule has 16 heavy (non-hydrogen) atoms. The van der Waals surface area contributed by atoms with Crippen LogP contribution < -0.4 is 5.73 Å². The molecule has 0 aliphatic heterocycles. The summed E-state index contributed by atoms with van der Waals surface area (Å²) in [6, 6.07) is 0.939. The van der Waals surface area contributed by atoms with Crippen LogP contribution in [0.25, 0.3) is 0 Å². The van der Waals surface area contributed by atoms with E-state index in [0.29, 0.717) is 6.07 Å². The molecule has 1 aliphatic rings. The molecule has 1 saturated carbocycles. The van der Waals surface area contributed by atoms with Crippen LogP contribution >= 0.6 is 0 Å². The molecule has 1 aromatic carbocycles. The van der Waals surface area contributed by atoms with Gasteiger partial charge in [-0.25, -0.2) is 13.2 Å². The average molecular weight is 229 g/mol. The molecule has 0 unspecified atom stereocenters. The number of hydrogen-bond donors (Lipinski definition) is 1. The Morgan fingerprint density at radius 2 is 1.75 bits per heavy atom. The molecule has 0 spiro atoms. The Hall–Kier alpha value is -1.03. The van der Waals surface area contributed by atoms with Crippen LogP contribution in [0.15, 0.2) is 12.1 Å². The van der Waals surface area contributed by atoms with Crippen LogP contribution in [-0.4, -0.2) is 0 Å². The Morgan fingerprint density at radius 3 is 2.38 bits per heavy atom. The van der Waals surface area contributed by atoms with Crippen molar-refractivity contribution in [2.24, 2.45) is 11.7 Å². The van der Waals surface area contributed by atoms with Gasteiger partial charge in [-0.2, -0.15) is 0 Å². The molecule has 0 amide bonds. The summed E-state index contributed by atoms with van der Waals surface area (Å²) in [6.45, 7) is 0. The fraction of sp³-hybridized carbons (Fsp3) is 0.500. The minimum atomic E-state index is -1.16. The third-order valence-electron chi connectivity index (χ3n) is 3.29. The van der Waals surface area contributed by atoms with Gasteiger partial charge in [-0.3, -0.25) is 0 Å². The maximum absolute atomic E-state index is 13.5. The molecule has 4 heteroatoms. The Balaban J connectivity index is 2.31. The first-order valence-corrected chi connectivity index (χ1v) is 5.49. The van der Waals surface area contributed by atoms with E-state index in [0.717, 1.165) is 31.7 Å². The van der Waals surface area contributed by atoms with Crippen LogP contribution in [0.1, 0.15) is 37.3 Å². The number of rotatable bonds is 2. The fourth-order valence-electron chi connectivity index (χ4n) is 2.39. The molecule has 0 saturated heterocycles. The molecule has 1 aliphatic carbocycles. The summed E-state index contributed by atoms with van der Waals surface area (Å²) in [7, 11) is 0. The molecule has 2 rings (SSSR count). The minimum absolute atomic E-state index is 0.0376. The Kier molecular flexibility index (Phi) is 3.19. The summed E-state index contributed by atoms with van der Waals surface area (Å²) in [5.41, 5.74) is 5.83. The Morgan fingerprint density at radius 1 is 1.12 bits per heavy atom. The van der Waals surface area contributed by atoms with Crippen molar-refractivity contribution >= 4 is 0 Å². The predicted molar refractivity (Wildman–Crippen MR) is 55.2 cm³/mol. The van der Waals surface area contributed by atoms with Gasteiger partial charge < -0.3 is 5.73 Å². The van der Waals surface area contributed by atoms with E-state index >= 15 is 0 Å². The highest BCUT2D eigenvalue weighted by atomic mass is 19.2. The lowest BCUT2D eigenvalue weighted by atomic mass is 9.92. The molecular formula is C12H14F3N. The number of halogens is 3. The normalized spacial score (nSPS) is 19.0. The van der Waals surface area contributed by atoms with E-state index in [2.05, 4.69) is 0 Å². The van der Waals surface area contributed by atoms with E-state index in [4.69, 9.17) is 5.73 Å². The van der Waals surface area contributed by atoms with Crippen molar-refractivity contribution in [2.75, 3.05) is 0 Å². The second kappa shape index (κ2) is 4.45. The molecule has 1 aromatic rings. The Labute approximate surface area is 92.5 Å². The lowest BCUT2D eigenvalue weighted by molar-refractivity contribution is 0.410. The lowest BCUT2D eigenvalue weighted by Gasteiger charge is -2.19. The van der Waals surface area contributed by atoms with E-state index in [1.165, 1.54) is 0 Å². The zero-order valence-corrected chi connectivity index (χ0v) is 8.85. The Bertz CT molecular complexity index is 386. The van der Waals surface area contributed by atoms with Gasteiger partial charge in [0.2, 0.25) is 0 Å². The topological polar surface area (TPSA) is 26.0 Å². The molecule has 0 heterocycles. The summed E-state index contributed by atoms with van der Waals surface area (Å²) in [5, 5.41) is 0. The molecule has 1 fully saturated rings. The second-order valence-corrected chi connectivity index (χ2v) is 4.36. The van der Waals surface area contributed by atoms with Crippen molar-refractivity contribution in [3.63, 3.8) is 0 Å². The molecular weight excluding hydrogens is 215 g/mol. The van der Waals surface area contributed by atoms with E-state index in [1.807, 2.05) is 0 Å². The third kappa shape index (κ3) is 2.07. The van der Waals surface area contributed by atoms with Crippen LogP contribution in [0, 0.1) is 23.4 Å². The molecule has 88 valence electrons. The molecule has 0 radical (unpaired) electrons. The number of benzene rings is 1. The smallest absolute Gasteiger partial charge is 0.163 e. The SMILES string of the molecule is N[C@H](c1cc(F)cc(F)c1F)C1CCCC1. The van der Waals surface area contributed by atoms with Gasteiger partial charge in [-0.05, 0) is 24.8 Å². The molecule has 1 atom stereocenters. The second-order valence-electron chi connectivity index (χ2n) is 4.36. The van der Waals surface area contributed by atoms with E-state index < -0.39 is 23.5 Å². The summed E-state index contributed by atoms with van der Waals surface area (Å²) in [6.07, 6.45) is 3.91. The van der Waals surface area contributed by atoms with Crippen molar-refractivity contribution in [3.8, 4) is 0 Å². The van der Waals surface area contributed by atoms with Crippen molar-refractivity contribution in [3.05, 3.63) is 35.1 Å². The van der Waals surface area contributed by atoms with Gasteiger partial charge in [-0.15, -0.1) is 0 Å². The summed E-state index contributed by atoms with van der Waals surface area (Å²) < 4.78 is 39.5. The minimum Gasteiger partial charge on any atom is -0.324 e. The largest absolute Gasteiger partial charge is 0.324 e. The molecule has 0 aromatic heterocycles. The van der Waals surface area contributed by atoms with Crippen molar-refractivity contribution < 1.29 is 13.2 Å². The number of hydrogen-bond acceptors (Lipinski definition) is 1. The van der Waals surface area contributed by atoms with E-state index in [1.54, 1.807) is 0 Å². The third-order valence-corrected chi connectivity index (χ3v) is 3.29. The molecule has 0 bridgehead atoms. The van der Waals surface area contributed by atoms with Gasteiger partial charge in [0.15, 0.2) is 11.6 Å². The summed E-state index contributed by atoms with van der Waals surface area (Å²) in [4.78, 5) is 0. The van der Waals surface area contributed by atoms with Gasteiger partial charge in [0, 0.05) is 17.7 Å². The van der Waals surface area contributed by atoms with Gasteiger partial charge in [-0.1, -0.05) is 12.8 Å². The van der Waals surface area contributed by atoms with Crippen molar-refractivity contribution in [2.45, 2.75) is 31.7 Å². The van der Waals surface area contributed by atoms with Gasteiger partial charge in [0.1, 0.15) is 5.82 Å². The van der Waals surface area contributed by atoms with Crippen LogP contribution in [0.2, 0.25) is 0 Å². The van der Waals surface area contributed by atoms with E-state index in [9.17, 15) is 13.2 Å². The van der Waals surface area contributed by atoms with Gasteiger partial charge in [0.05, 0.1) is 0 Å². The first-order valence-electron chi connectivity index (χ1n) is 5.49. The predicted octanol–water partition coefficient (Wildman–Crippen LogP) is 3.29. The summed E-state index contributed by atoms with van der Waals surface area (Å²) in [5.74, 6) is -2.82. The van der Waals surface area contributed by atoms with E-state index in [-0.39, 0.29) is 11.5 Å². The average Bonchev–Trinajstić information content (AvgIpc) is 2.75. The first kappa shape index (κ1) is 11.5. The lowest BCUT2D eigenvalue weighted by Crippen LogP contribution is -2.21. The standard InChI is InChI=1S/C12H14F3N/c13-8-5-9(11(15)10(14)6-8)12(16)7-3-1-2-4-7/h5-7,12H,1-4,16H2/t12-/m0/s1. The highest BCUT2D eigenvalue weighted by molar-refractivity contribution is 5.24. The van der Waals surface area contributed by atoms with Crippen LogP contribution in [0.3, 0.4) is 0 Å². The highest BCUT2D eigenvalue weighted by Gasteiger charge is 2.26.